The first-order chi connectivity index (χ1) is 7.15. The number of ether oxygens (including phenoxy) is 1. The number of halogens is 1. The summed E-state index contributed by atoms with van der Waals surface area (Å²) in [7, 11) is 0. The zero-order valence-corrected chi connectivity index (χ0v) is 10.2. The van der Waals surface area contributed by atoms with Gasteiger partial charge in [-0.05, 0) is 40.1 Å². The summed E-state index contributed by atoms with van der Waals surface area (Å²) in [5, 5.41) is 8.63. The number of nitriles is 1. The van der Waals surface area contributed by atoms with E-state index < -0.39 is 0 Å². The van der Waals surface area contributed by atoms with Crippen LogP contribution in [0.2, 0.25) is 0 Å². The van der Waals surface area contributed by atoms with E-state index in [0.29, 0.717) is 13.0 Å². The van der Waals surface area contributed by atoms with Crippen molar-refractivity contribution in [2.75, 3.05) is 6.61 Å². The first-order valence-electron chi connectivity index (χ1n) is 4.56. The van der Waals surface area contributed by atoms with Gasteiger partial charge in [0.2, 0.25) is 0 Å². The Labute approximate surface area is 98.3 Å². The van der Waals surface area contributed by atoms with Gasteiger partial charge in [-0.2, -0.15) is 5.26 Å². The molecular formula is C12H12BrNO. The molecule has 0 spiro atoms. The van der Waals surface area contributed by atoms with E-state index in [1.165, 1.54) is 0 Å². The van der Waals surface area contributed by atoms with Crippen LogP contribution in [0.15, 0.2) is 34.8 Å². The summed E-state index contributed by atoms with van der Waals surface area (Å²) in [5.74, 6) is 0.755. The van der Waals surface area contributed by atoms with E-state index in [0.717, 1.165) is 21.4 Å². The summed E-state index contributed by atoms with van der Waals surface area (Å²) in [6.45, 7) is 6.17. The Kier molecular flexibility index (Phi) is 4.38. The Hall–Kier alpha value is -1.27. The maximum atomic E-state index is 8.63. The van der Waals surface area contributed by atoms with Crippen LogP contribution in [-0.4, -0.2) is 6.61 Å². The highest BCUT2D eigenvalue weighted by atomic mass is 79.9. The zero-order valence-electron chi connectivity index (χ0n) is 8.59. The zero-order chi connectivity index (χ0) is 11.3. The van der Waals surface area contributed by atoms with Crippen LogP contribution in [-0.2, 0) is 6.42 Å². The highest BCUT2D eigenvalue weighted by Gasteiger charge is 2.05. The van der Waals surface area contributed by atoms with E-state index in [2.05, 4.69) is 28.6 Å². The van der Waals surface area contributed by atoms with Crippen molar-refractivity contribution in [1.29, 1.82) is 5.26 Å². The molecule has 0 bridgehead atoms. The van der Waals surface area contributed by atoms with Crippen molar-refractivity contribution in [3.05, 3.63) is 40.4 Å². The highest BCUT2D eigenvalue weighted by molar-refractivity contribution is 9.10. The SMILES string of the molecule is C=C(C)COc1cccc(CC#N)c1Br. The molecule has 0 saturated carbocycles. The van der Waals surface area contributed by atoms with Crippen LogP contribution in [0.4, 0.5) is 0 Å². The van der Waals surface area contributed by atoms with Crippen molar-refractivity contribution in [2.24, 2.45) is 0 Å². The Bertz CT molecular complexity index is 407. The first-order valence-corrected chi connectivity index (χ1v) is 5.36. The van der Waals surface area contributed by atoms with Crippen molar-refractivity contribution in [3.8, 4) is 11.8 Å². The van der Waals surface area contributed by atoms with Gasteiger partial charge in [0.15, 0.2) is 0 Å². The predicted octanol–water partition coefficient (Wildman–Crippen LogP) is 3.47. The fraction of sp³-hybridized carbons (Fsp3) is 0.250. The molecule has 0 aliphatic heterocycles. The molecule has 0 atom stereocenters. The normalized spacial score (nSPS) is 9.40. The monoisotopic (exact) mass is 265 g/mol. The van der Waals surface area contributed by atoms with Crippen LogP contribution in [0, 0.1) is 11.3 Å². The van der Waals surface area contributed by atoms with Crippen LogP contribution in [0.25, 0.3) is 0 Å². The van der Waals surface area contributed by atoms with E-state index in [9.17, 15) is 0 Å². The smallest absolute Gasteiger partial charge is 0.134 e. The summed E-state index contributed by atoms with van der Waals surface area (Å²) in [5.41, 5.74) is 1.91. The summed E-state index contributed by atoms with van der Waals surface area (Å²) in [4.78, 5) is 0. The molecule has 0 aromatic heterocycles. The van der Waals surface area contributed by atoms with Gasteiger partial charge in [0.05, 0.1) is 17.0 Å². The molecule has 78 valence electrons. The summed E-state index contributed by atoms with van der Waals surface area (Å²) >= 11 is 3.43. The quantitative estimate of drug-likeness (QED) is 0.782. The maximum Gasteiger partial charge on any atom is 0.134 e. The number of rotatable bonds is 4. The minimum absolute atomic E-state index is 0.380. The Morgan fingerprint density at radius 3 is 2.93 bits per heavy atom. The molecule has 0 aliphatic carbocycles. The molecule has 1 aromatic carbocycles. The van der Waals surface area contributed by atoms with Crippen molar-refractivity contribution >= 4 is 15.9 Å². The molecule has 0 amide bonds. The molecule has 0 heterocycles. The van der Waals surface area contributed by atoms with Crippen molar-refractivity contribution < 1.29 is 4.74 Å². The van der Waals surface area contributed by atoms with Crippen LogP contribution < -0.4 is 4.74 Å². The van der Waals surface area contributed by atoms with Gasteiger partial charge in [0, 0.05) is 0 Å². The molecule has 0 unspecified atom stereocenters. The number of hydrogen-bond acceptors (Lipinski definition) is 2. The average molecular weight is 266 g/mol. The molecule has 2 nitrogen and oxygen atoms in total. The second-order valence-corrected chi connectivity index (χ2v) is 4.10. The molecule has 0 saturated heterocycles. The second-order valence-electron chi connectivity index (χ2n) is 3.31. The van der Waals surface area contributed by atoms with Crippen molar-refractivity contribution in [2.45, 2.75) is 13.3 Å². The molecule has 15 heavy (non-hydrogen) atoms. The van der Waals surface area contributed by atoms with Crippen LogP contribution >= 0.6 is 15.9 Å². The van der Waals surface area contributed by atoms with Crippen LogP contribution in [0.3, 0.4) is 0 Å². The molecule has 1 rings (SSSR count). The van der Waals surface area contributed by atoms with E-state index in [1.54, 1.807) is 0 Å². The fourth-order valence-electron chi connectivity index (χ4n) is 1.09. The minimum atomic E-state index is 0.380. The second kappa shape index (κ2) is 5.57. The molecule has 0 fully saturated rings. The van der Waals surface area contributed by atoms with Gasteiger partial charge in [-0.25, -0.2) is 0 Å². The maximum absolute atomic E-state index is 8.63. The van der Waals surface area contributed by atoms with Crippen LogP contribution in [0.5, 0.6) is 5.75 Å². The van der Waals surface area contributed by atoms with Gasteiger partial charge in [-0.3, -0.25) is 0 Å². The lowest BCUT2D eigenvalue weighted by molar-refractivity contribution is 0.350. The lowest BCUT2D eigenvalue weighted by Gasteiger charge is -2.09. The van der Waals surface area contributed by atoms with Crippen molar-refractivity contribution in [1.82, 2.24) is 0 Å². The third-order valence-corrected chi connectivity index (χ3v) is 2.69. The Balaban J connectivity index is 2.85. The minimum Gasteiger partial charge on any atom is -0.488 e. The van der Waals surface area contributed by atoms with Gasteiger partial charge in [0.1, 0.15) is 12.4 Å². The summed E-state index contributed by atoms with van der Waals surface area (Å²) in [6.07, 6.45) is 0.380. The topological polar surface area (TPSA) is 33.0 Å². The van der Waals surface area contributed by atoms with Gasteiger partial charge in [-0.15, -0.1) is 0 Å². The lowest BCUT2D eigenvalue weighted by Crippen LogP contribution is -1.99. The number of benzene rings is 1. The number of nitrogens with zero attached hydrogens (tertiary/aromatic N) is 1. The number of hydrogen-bond donors (Lipinski definition) is 0. The summed E-state index contributed by atoms with van der Waals surface area (Å²) in [6, 6.07) is 7.77. The molecular weight excluding hydrogens is 254 g/mol. The molecule has 0 radical (unpaired) electrons. The third kappa shape index (κ3) is 3.41. The lowest BCUT2D eigenvalue weighted by atomic mass is 10.1. The predicted molar refractivity (Wildman–Crippen MR) is 63.8 cm³/mol. The van der Waals surface area contributed by atoms with Gasteiger partial charge in [0.25, 0.3) is 0 Å². The fourth-order valence-corrected chi connectivity index (χ4v) is 1.61. The third-order valence-electron chi connectivity index (χ3n) is 1.79. The highest BCUT2D eigenvalue weighted by Crippen LogP contribution is 2.29. The molecule has 0 N–H and O–H groups in total. The van der Waals surface area contributed by atoms with Gasteiger partial charge < -0.3 is 4.74 Å². The molecule has 3 heteroatoms. The standard InChI is InChI=1S/C12H12BrNO/c1-9(2)8-15-11-5-3-4-10(6-7-14)12(11)13/h3-5H,1,6,8H2,2H3. The van der Waals surface area contributed by atoms with Gasteiger partial charge >= 0.3 is 0 Å². The van der Waals surface area contributed by atoms with E-state index in [-0.39, 0.29) is 0 Å². The van der Waals surface area contributed by atoms with E-state index >= 15 is 0 Å². The first kappa shape index (κ1) is 11.8. The van der Waals surface area contributed by atoms with Crippen LogP contribution in [0.1, 0.15) is 12.5 Å². The molecule has 1 aromatic rings. The average Bonchev–Trinajstić information content (AvgIpc) is 2.19. The molecule has 0 aliphatic rings. The van der Waals surface area contributed by atoms with E-state index in [4.69, 9.17) is 10.00 Å². The Morgan fingerprint density at radius 1 is 1.60 bits per heavy atom. The van der Waals surface area contributed by atoms with E-state index in [1.807, 2.05) is 25.1 Å². The largest absolute Gasteiger partial charge is 0.488 e. The van der Waals surface area contributed by atoms with Gasteiger partial charge in [-0.1, -0.05) is 18.7 Å². The Morgan fingerprint density at radius 2 is 2.33 bits per heavy atom. The summed E-state index contributed by atoms with van der Waals surface area (Å²) < 4.78 is 6.38. The van der Waals surface area contributed by atoms with Crippen molar-refractivity contribution in [3.63, 3.8) is 0 Å².